The molecule has 168 valence electrons. The Labute approximate surface area is 192 Å². The van der Waals surface area contributed by atoms with Crippen molar-refractivity contribution in [3.05, 3.63) is 64.8 Å². The number of hydrogen-bond acceptors (Lipinski definition) is 6. The van der Waals surface area contributed by atoms with Crippen LogP contribution in [0.5, 0.6) is 5.75 Å². The van der Waals surface area contributed by atoms with E-state index >= 15 is 0 Å². The molecule has 1 saturated heterocycles. The summed E-state index contributed by atoms with van der Waals surface area (Å²) in [5.74, 6) is 1.66. The largest absolute Gasteiger partial charge is 0.497 e. The summed E-state index contributed by atoms with van der Waals surface area (Å²) in [6.07, 6.45) is 0. The van der Waals surface area contributed by atoms with Crippen LogP contribution >= 0.6 is 11.8 Å². The van der Waals surface area contributed by atoms with Gasteiger partial charge in [-0.25, -0.2) is 0 Å². The lowest BCUT2D eigenvalue weighted by molar-refractivity contribution is -0.116. The van der Waals surface area contributed by atoms with Crippen molar-refractivity contribution in [3.63, 3.8) is 0 Å². The van der Waals surface area contributed by atoms with E-state index in [-0.39, 0.29) is 11.8 Å². The van der Waals surface area contributed by atoms with Crippen LogP contribution in [-0.2, 0) is 9.53 Å². The van der Waals surface area contributed by atoms with Gasteiger partial charge in [0.05, 0.1) is 13.7 Å². The van der Waals surface area contributed by atoms with E-state index in [4.69, 9.17) is 9.47 Å². The van der Waals surface area contributed by atoms with Gasteiger partial charge in [-0.1, -0.05) is 6.07 Å². The van der Waals surface area contributed by atoms with Gasteiger partial charge in [-0.3, -0.25) is 9.59 Å². The number of thioether (sulfide) groups is 1. The Hall–Kier alpha value is -3.13. The lowest BCUT2D eigenvalue weighted by Crippen LogP contribution is -2.48. The Balaban J connectivity index is 1.39. The van der Waals surface area contributed by atoms with E-state index in [0.717, 1.165) is 35.8 Å². The molecule has 2 aromatic carbocycles. The average Bonchev–Trinajstić information content (AvgIpc) is 2.85. The molecule has 2 aromatic rings. The number of ether oxygens (including phenoxy) is 2. The molecule has 32 heavy (non-hydrogen) atoms. The maximum absolute atomic E-state index is 13.1. The SMILES string of the molecule is COc1ccc(N2CCN(C(=O)c3ccc(C)c(NC(=O)C4=CSCCO4)c3)CC2)cc1. The van der Waals surface area contributed by atoms with Crippen molar-refractivity contribution in [2.75, 3.05) is 55.9 Å². The zero-order valence-electron chi connectivity index (χ0n) is 18.3. The molecule has 7 nitrogen and oxygen atoms in total. The molecule has 1 fully saturated rings. The second-order valence-electron chi connectivity index (χ2n) is 7.66. The summed E-state index contributed by atoms with van der Waals surface area (Å²) in [4.78, 5) is 29.7. The summed E-state index contributed by atoms with van der Waals surface area (Å²) < 4.78 is 10.6. The molecule has 0 radical (unpaired) electrons. The lowest BCUT2D eigenvalue weighted by atomic mass is 10.1. The molecule has 0 saturated carbocycles. The van der Waals surface area contributed by atoms with Crippen LogP contribution in [0.1, 0.15) is 15.9 Å². The summed E-state index contributed by atoms with van der Waals surface area (Å²) in [5.41, 5.74) is 3.20. The van der Waals surface area contributed by atoms with Crippen molar-refractivity contribution in [3.8, 4) is 5.75 Å². The molecule has 0 aliphatic carbocycles. The first-order valence-corrected chi connectivity index (χ1v) is 11.6. The van der Waals surface area contributed by atoms with Gasteiger partial charge in [0.15, 0.2) is 5.76 Å². The van der Waals surface area contributed by atoms with Gasteiger partial charge in [-0.15, -0.1) is 11.8 Å². The van der Waals surface area contributed by atoms with E-state index in [1.54, 1.807) is 30.3 Å². The molecule has 2 heterocycles. The van der Waals surface area contributed by atoms with Crippen LogP contribution in [0.15, 0.2) is 53.6 Å². The van der Waals surface area contributed by atoms with E-state index in [1.165, 1.54) is 0 Å². The fourth-order valence-corrected chi connectivity index (χ4v) is 4.33. The van der Waals surface area contributed by atoms with Crippen LogP contribution in [0.4, 0.5) is 11.4 Å². The highest BCUT2D eigenvalue weighted by atomic mass is 32.2. The summed E-state index contributed by atoms with van der Waals surface area (Å²) in [7, 11) is 1.65. The van der Waals surface area contributed by atoms with Crippen molar-refractivity contribution < 1.29 is 19.1 Å². The monoisotopic (exact) mass is 453 g/mol. The average molecular weight is 454 g/mol. The fraction of sp³-hybridized carbons (Fsp3) is 0.333. The Morgan fingerprint density at radius 2 is 1.81 bits per heavy atom. The van der Waals surface area contributed by atoms with E-state index < -0.39 is 0 Å². The second kappa shape index (κ2) is 9.99. The zero-order chi connectivity index (χ0) is 22.5. The number of methoxy groups -OCH3 is 1. The smallest absolute Gasteiger partial charge is 0.291 e. The molecule has 2 amide bonds. The van der Waals surface area contributed by atoms with E-state index in [1.807, 2.05) is 48.2 Å². The van der Waals surface area contributed by atoms with Crippen molar-refractivity contribution >= 4 is 35.0 Å². The number of rotatable bonds is 5. The van der Waals surface area contributed by atoms with Gasteiger partial charge in [0, 0.05) is 54.3 Å². The Morgan fingerprint density at radius 3 is 2.47 bits per heavy atom. The highest BCUT2D eigenvalue weighted by molar-refractivity contribution is 8.02. The number of carbonyl (C=O) groups is 2. The molecular weight excluding hydrogens is 426 g/mol. The number of amides is 2. The third-order valence-corrected chi connectivity index (χ3v) is 6.39. The third kappa shape index (κ3) is 5.02. The predicted octanol–water partition coefficient (Wildman–Crippen LogP) is 3.51. The molecule has 1 N–H and O–H groups in total. The molecule has 0 unspecified atom stereocenters. The van der Waals surface area contributed by atoms with Crippen molar-refractivity contribution in [2.24, 2.45) is 0 Å². The van der Waals surface area contributed by atoms with Gasteiger partial charge in [0.2, 0.25) is 0 Å². The van der Waals surface area contributed by atoms with Crippen LogP contribution in [0, 0.1) is 6.92 Å². The van der Waals surface area contributed by atoms with E-state index in [9.17, 15) is 9.59 Å². The van der Waals surface area contributed by atoms with Crippen LogP contribution in [0.2, 0.25) is 0 Å². The summed E-state index contributed by atoms with van der Waals surface area (Å²) >= 11 is 1.55. The standard InChI is InChI=1S/C24H27N3O4S/c1-17-3-4-18(15-21(17)25-23(28)22-16-32-14-13-31-22)24(29)27-11-9-26(10-12-27)19-5-7-20(30-2)8-6-19/h3-8,15-16H,9-14H2,1-2H3,(H,25,28). The lowest BCUT2D eigenvalue weighted by Gasteiger charge is -2.36. The number of anilines is 2. The van der Waals surface area contributed by atoms with Gasteiger partial charge < -0.3 is 24.6 Å². The Bertz CT molecular complexity index is 1010. The van der Waals surface area contributed by atoms with Gasteiger partial charge >= 0.3 is 0 Å². The summed E-state index contributed by atoms with van der Waals surface area (Å²) in [6, 6.07) is 13.4. The third-order valence-electron chi connectivity index (χ3n) is 5.61. The van der Waals surface area contributed by atoms with Crippen molar-refractivity contribution in [1.29, 1.82) is 0 Å². The van der Waals surface area contributed by atoms with Gasteiger partial charge in [0.25, 0.3) is 11.8 Å². The van der Waals surface area contributed by atoms with Crippen molar-refractivity contribution in [2.45, 2.75) is 6.92 Å². The Morgan fingerprint density at radius 1 is 1.06 bits per heavy atom. The molecule has 2 aliphatic heterocycles. The van der Waals surface area contributed by atoms with Gasteiger partial charge in [0.1, 0.15) is 5.75 Å². The zero-order valence-corrected chi connectivity index (χ0v) is 19.1. The van der Waals surface area contributed by atoms with E-state index in [0.29, 0.717) is 36.7 Å². The van der Waals surface area contributed by atoms with Crippen LogP contribution in [0.25, 0.3) is 0 Å². The number of aryl methyl sites for hydroxylation is 1. The highest BCUT2D eigenvalue weighted by Gasteiger charge is 2.23. The minimum atomic E-state index is -0.294. The minimum absolute atomic E-state index is 0.0291. The molecule has 0 atom stereocenters. The van der Waals surface area contributed by atoms with Crippen LogP contribution in [0.3, 0.4) is 0 Å². The molecule has 0 spiro atoms. The normalized spacial score (nSPS) is 16.1. The molecule has 8 heteroatoms. The van der Waals surface area contributed by atoms with Crippen LogP contribution < -0.4 is 15.0 Å². The van der Waals surface area contributed by atoms with Crippen LogP contribution in [-0.4, -0.2) is 62.4 Å². The number of piperazine rings is 1. The highest BCUT2D eigenvalue weighted by Crippen LogP contribution is 2.23. The molecule has 0 bridgehead atoms. The first kappa shape index (κ1) is 22.1. The number of carbonyl (C=O) groups excluding carboxylic acids is 2. The first-order chi connectivity index (χ1) is 15.5. The molecule has 2 aliphatic rings. The number of nitrogens with one attached hydrogen (secondary N) is 1. The first-order valence-electron chi connectivity index (χ1n) is 10.6. The maximum atomic E-state index is 13.1. The number of benzene rings is 2. The second-order valence-corrected chi connectivity index (χ2v) is 8.64. The number of hydrogen-bond donors (Lipinski definition) is 1. The quantitative estimate of drug-likeness (QED) is 0.747. The maximum Gasteiger partial charge on any atom is 0.291 e. The molecular formula is C24H27N3O4S. The van der Waals surface area contributed by atoms with Crippen molar-refractivity contribution in [1.82, 2.24) is 4.90 Å². The molecule has 0 aromatic heterocycles. The minimum Gasteiger partial charge on any atom is -0.497 e. The summed E-state index contributed by atoms with van der Waals surface area (Å²) in [6.45, 7) is 5.22. The predicted molar refractivity (Wildman–Crippen MR) is 127 cm³/mol. The Kier molecular flexibility index (Phi) is 6.90. The topological polar surface area (TPSA) is 71.1 Å². The molecule has 4 rings (SSSR count). The summed E-state index contributed by atoms with van der Waals surface area (Å²) in [5, 5.41) is 4.61. The fourth-order valence-electron chi connectivity index (χ4n) is 3.70. The number of nitrogens with zero attached hydrogens (tertiary/aromatic N) is 2. The van der Waals surface area contributed by atoms with Gasteiger partial charge in [-0.05, 0) is 48.9 Å². The van der Waals surface area contributed by atoms with Gasteiger partial charge in [-0.2, -0.15) is 0 Å². The van der Waals surface area contributed by atoms with E-state index in [2.05, 4.69) is 10.2 Å².